The van der Waals surface area contributed by atoms with E-state index in [0.717, 1.165) is 31.2 Å². The van der Waals surface area contributed by atoms with E-state index in [-0.39, 0.29) is 0 Å². The molecular weight excluding hydrogens is 162 g/mol. The SMILES string of the molecule is C1CCN(C2CC3CC3C2)COC1. The van der Waals surface area contributed by atoms with Gasteiger partial charge in [0, 0.05) is 19.2 Å². The van der Waals surface area contributed by atoms with Gasteiger partial charge in [0.15, 0.2) is 0 Å². The number of fused-ring (bicyclic) bond motifs is 1. The Morgan fingerprint density at radius 3 is 2.69 bits per heavy atom. The zero-order valence-corrected chi connectivity index (χ0v) is 8.24. The van der Waals surface area contributed by atoms with E-state index in [1.54, 1.807) is 0 Å². The molecule has 0 bridgehead atoms. The van der Waals surface area contributed by atoms with Gasteiger partial charge in [0.2, 0.25) is 0 Å². The molecule has 0 spiro atoms. The van der Waals surface area contributed by atoms with E-state index in [0.29, 0.717) is 0 Å². The first-order valence-electron chi connectivity index (χ1n) is 5.75. The fourth-order valence-electron chi connectivity index (χ4n) is 3.03. The minimum Gasteiger partial charge on any atom is -0.366 e. The van der Waals surface area contributed by atoms with Crippen molar-refractivity contribution in [3.63, 3.8) is 0 Å². The second-order valence-corrected chi connectivity index (χ2v) is 4.94. The minimum absolute atomic E-state index is 0.877. The van der Waals surface area contributed by atoms with Crippen LogP contribution in [0.2, 0.25) is 0 Å². The zero-order valence-electron chi connectivity index (χ0n) is 8.24. The summed E-state index contributed by atoms with van der Waals surface area (Å²) in [6, 6.07) is 0.877. The van der Waals surface area contributed by atoms with E-state index in [1.807, 2.05) is 0 Å². The smallest absolute Gasteiger partial charge is 0.0992 e. The van der Waals surface area contributed by atoms with Crippen molar-refractivity contribution in [3.8, 4) is 0 Å². The summed E-state index contributed by atoms with van der Waals surface area (Å²) in [4.78, 5) is 2.58. The van der Waals surface area contributed by atoms with Crippen molar-refractivity contribution in [2.24, 2.45) is 11.8 Å². The highest BCUT2D eigenvalue weighted by molar-refractivity contribution is 4.99. The second kappa shape index (κ2) is 3.25. The van der Waals surface area contributed by atoms with Gasteiger partial charge >= 0.3 is 0 Å². The standard InChI is InChI=1S/C11H19NO/c1-2-4-13-8-12(3-1)11-6-9-5-10(9)7-11/h9-11H,1-8H2. The fourth-order valence-corrected chi connectivity index (χ4v) is 3.03. The van der Waals surface area contributed by atoms with Gasteiger partial charge in [0.1, 0.15) is 0 Å². The number of ether oxygens (including phenoxy) is 1. The number of nitrogens with zero attached hydrogens (tertiary/aromatic N) is 1. The molecule has 13 heavy (non-hydrogen) atoms. The summed E-state index contributed by atoms with van der Waals surface area (Å²) in [5.74, 6) is 2.21. The molecular formula is C11H19NO. The van der Waals surface area contributed by atoms with Crippen molar-refractivity contribution in [3.05, 3.63) is 0 Å². The highest BCUT2D eigenvalue weighted by Crippen LogP contribution is 2.53. The van der Waals surface area contributed by atoms with Crippen LogP contribution in [0.4, 0.5) is 0 Å². The van der Waals surface area contributed by atoms with E-state index in [9.17, 15) is 0 Å². The summed E-state index contributed by atoms with van der Waals surface area (Å²) in [6.07, 6.45) is 7.06. The molecule has 1 heterocycles. The van der Waals surface area contributed by atoms with Crippen LogP contribution in [-0.4, -0.2) is 30.8 Å². The maximum atomic E-state index is 5.60. The van der Waals surface area contributed by atoms with Crippen LogP contribution < -0.4 is 0 Å². The first-order valence-corrected chi connectivity index (χ1v) is 5.75. The fraction of sp³-hybridized carbons (Fsp3) is 1.00. The maximum absolute atomic E-state index is 5.60. The third kappa shape index (κ3) is 1.62. The first-order chi connectivity index (χ1) is 6.43. The molecule has 2 heteroatoms. The number of hydrogen-bond acceptors (Lipinski definition) is 2. The lowest BCUT2D eigenvalue weighted by Crippen LogP contribution is -2.35. The minimum atomic E-state index is 0.877. The summed E-state index contributed by atoms with van der Waals surface area (Å²) in [7, 11) is 0. The molecule has 0 aromatic heterocycles. The molecule has 2 saturated carbocycles. The Kier molecular flexibility index (Phi) is 2.06. The normalized spacial score (nSPS) is 45.7. The molecule has 1 saturated heterocycles. The van der Waals surface area contributed by atoms with Crippen LogP contribution in [0, 0.1) is 11.8 Å². The molecule has 3 fully saturated rings. The summed E-state index contributed by atoms with van der Waals surface area (Å²) >= 11 is 0. The van der Waals surface area contributed by atoms with E-state index in [1.165, 1.54) is 38.6 Å². The Morgan fingerprint density at radius 1 is 1.00 bits per heavy atom. The predicted octanol–water partition coefficient (Wildman–Crippen LogP) is 1.85. The number of rotatable bonds is 1. The Balaban J connectivity index is 1.57. The topological polar surface area (TPSA) is 12.5 Å². The van der Waals surface area contributed by atoms with Crippen LogP contribution in [0.25, 0.3) is 0 Å². The molecule has 0 N–H and O–H groups in total. The molecule has 0 radical (unpaired) electrons. The van der Waals surface area contributed by atoms with Gasteiger partial charge in [-0.15, -0.1) is 0 Å². The third-order valence-corrected chi connectivity index (χ3v) is 3.98. The Bertz CT molecular complexity index is 177. The Morgan fingerprint density at radius 2 is 1.85 bits per heavy atom. The van der Waals surface area contributed by atoms with Crippen LogP contribution in [0.3, 0.4) is 0 Å². The largest absolute Gasteiger partial charge is 0.366 e. The average Bonchev–Trinajstić information content (AvgIpc) is 2.85. The monoisotopic (exact) mass is 181 g/mol. The molecule has 0 amide bonds. The molecule has 2 unspecified atom stereocenters. The van der Waals surface area contributed by atoms with Crippen LogP contribution in [-0.2, 0) is 4.74 Å². The van der Waals surface area contributed by atoms with Crippen LogP contribution in [0.5, 0.6) is 0 Å². The molecule has 2 atom stereocenters. The highest BCUT2D eigenvalue weighted by atomic mass is 16.5. The second-order valence-electron chi connectivity index (χ2n) is 4.94. The van der Waals surface area contributed by atoms with Gasteiger partial charge in [-0.2, -0.15) is 0 Å². The van der Waals surface area contributed by atoms with Crippen molar-refractivity contribution >= 4 is 0 Å². The van der Waals surface area contributed by atoms with Crippen LogP contribution >= 0.6 is 0 Å². The van der Waals surface area contributed by atoms with Crippen LogP contribution in [0.15, 0.2) is 0 Å². The van der Waals surface area contributed by atoms with E-state index in [2.05, 4.69) is 4.90 Å². The predicted molar refractivity (Wildman–Crippen MR) is 51.4 cm³/mol. The summed E-state index contributed by atoms with van der Waals surface area (Å²) in [6.45, 7) is 3.17. The van der Waals surface area contributed by atoms with Crippen LogP contribution in [0.1, 0.15) is 32.1 Å². The third-order valence-electron chi connectivity index (χ3n) is 3.98. The van der Waals surface area contributed by atoms with Crippen molar-refractivity contribution < 1.29 is 4.74 Å². The molecule has 0 aromatic carbocycles. The van der Waals surface area contributed by atoms with Gasteiger partial charge in [-0.3, -0.25) is 4.90 Å². The summed E-state index contributed by atoms with van der Waals surface area (Å²) in [5.41, 5.74) is 0. The molecule has 1 aliphatic heterocycles. The molecule has 3 aliphatic rings. The number of hydrogen-bond donors (Lipinski definition) is 0. The molecule has 2 aliphatic carbocycles. The van der Waals surface area contributed by atoms with Crippen molar-refractivity contribution in [1.29, 1.82) is 0 Å². The van der Waals surface area contributed by atoms with Gasteiger partial charge in [-0.1, -0.05) is 0 Å². The van der Waals surface area contributed by atoms with Gasteiger partial charge in [0.05, 0.1) is 6.73 Å². The van der Waals surface area contributed by atoms with E-state index < -0.39 is 0 Å². The van der Waals surface area contributed by atoms with Crippen molar-refractivity contribution in [1.82, 2.24) is 4.90 Å². The first kappa shape index (κ1) is 8.25. The lowest BCUT2D eigenvalue weighted by atomic mass is 10.1. The maximum Gasteiger partial charge on any atom is 0.0992 e. The average molecular weight is 181 g/mol. The highest BCUT2D eigenvalue weighted by Gasteiger charge is 2.47. The lowest BCUT2D eigenvalue weighted by molar-refractivity contribution is 0.0235. The molecule has 0 aromatic rings. The lowest BCUT2D eigenvalue weighted by Gasteiger charge is -2.27. The van der Waals surface area contributed by atoms with Gasteiger partial charge < -0.3 is 4.74 Å². The van der Waals surface area contributed by atoms with Crippen molar-refractivity contribution in [2.45, 2.75) is 38.1 Å². The molecule has 74 valence electrons. The Labute approximate surface area is 80.2 Å². The van der Waals surface area contributed by atoms with Crippen molar-refractivity contribution in [2.75, 3.05) is 19.9 Å². The Hall–Kier alpha value is -0.0800. The van der Waals surface area contributed by atoms with Gasteiger partial charge in [-0.05, 0) is 43.9 Å². The van der Waals surface area contributed by atoms with E-state index in [4.69, 9.17) is 4.74 Å². The molecule has 3 rings (SSSR count). The van der Waals surface area contributed by atoms with Gasteiger partial charge in [-0.25, -0.2) is 0 Å². The summed E-state index contributed by atoms with van der Waals surface area (Å²) < 4.78 is 5.60. The molecule has 2 nitrogen and oxygen atoms in total. The quantitative estimate of drug-likeness (QED) is 0.612. The van der Waals surface area contributed by atoms with Gasteiger partial charge in [0.25, 0.3) is 0 Å². The van der Waals surface area contributed by atoms with E-state index >= 15 is 0 Å². The zero-order chi connectivity index (χ0) is 8.67. The summed E-state index contributed by atoms with van der Waals surface area (Å²) in [5, 5.41) is 0.